The van der Waals surface area contributed by atoms with Gasteiger partial charge in [0.1, 0.15) is 5.75 Å². The van der Waals surface area contributed by atoms with Crippen LogP contribution in [0.2, 0.25) is 0 Å². The molecule has 1 aliphatic carbocycles. The van der Waals surface area contributed by atoms with Crippen LogP contribution in [0.1, 0.15) is 36.8 Å². The zero-order chi connectivity index (χ0) is 20.8. The van der Waals surface area contributed by atoms with Crippen LogP contribution in [0.15, 0.2) is 29.8 Å². The zero-order valence-electron chi connectivity index (χ0n) is 18.6. The number of nitrogens with zero attached hydrogens (tertiary/aromatic N) is 4. The monoisotopic (exact) mass is 428 g/mol. The maximum Gasteiger partial charge on any atom is 0.142 e. The number of ether oxygens (including phenoxy) is 1. The molecule has 6 heteroatoms. The summed E-state index contributed by atoms with van der Waals surface area (Å²) in [5.74, 6) is 0.985. The normalized spacial score (nSPS) is 19.8. The van der Waals surface area contributed by atoms with Crippen molar-refractivity contribution in [2.75, 3.05) is 57.8 Å². The van der Waals surface area contributed by atoms with Gasteiger partial charge in [0.25, 0.3) is 0 Å². The molecule has 1 aliphatic heterocycles. The fourth-order valence-electron chi connectivity index (χ4n) is 4.95. The van der Waals surface area contributed by atoms with Crippen LogP contribution in [-0.4, -0.2) is 73.7 Å². The predicted octanol–water partition coefficient (Wildman–Crippen LogP) is 3.93. The number of para-hydroxylation sites is 2. The molecule has 1 saturated heterocycles. The number of anilines is 1. The molecule has 30 heavy (non-hydrogen) atoms. The molecular weight excluding hydrogens is 392 g/mol. The Morgan fingerprint density at radius 2 is 2.00 bits per heavy atom. The lowest BCUT2D eigenvalue weighted by molar-refractivity contribution is 0.179. The average Bonchev–Trinajstić information content (AvgIpc) is 3.27. The van der Waals surface area contributed by atoms with E-state index in [-0.39, 0.29) is 0 Å². The van der Waals surface area contributed by atoms with Gasteiger partial charge in [-0.3, -0.25) is 4.90 Å². The summed E-state index contributed by atoms with van der Waals surface area (Å²) in [7, 11) is 1.76. The lowest BCUT2D eigenvalue weighted by Crippen LogP contribution is -2.46. The van der Waals surface area contributed by atoms with Crippen molar-refractivity contribution in [2.24, 2.45) is 0 Å². The number of thiazole rings is 1. The highest BCUT2D eigenvalue weighted by Crippen LogP contribution is 2.29. The molecule has 1 aromatic heterocycles. The van der Waals surface area contributed by atoms with Crippen LogP contribution in [-0.2, 0) is 12.8 Å². The third-order valence-corrected chi connectivity index (χ3v) is 7.65. The van der Waals surface area contributed by atoms with E-state index >= 15 is 0 Å². The summed E-state index contributed by atoms with van der Waals surface area (Å²) < 4.78 is 5.54. The Bertz CT molecular complexity index is 787. The minimum absolute atomic E-state index is 0.715. The van der Waals surface area contributed by atoms with Crippen LogP contribution in [0, 0.1) is 0 Å². The summed E-state index contributed by atoms with van der Waals surface area (Å²) in [6, 6.07) is 9.10. The molecule has 0 saturated carbocycles. The van der Waals surface area contributed by atoms with E-state index in [1.165, 1.54) is 55.0 Å². The molecule has 2 aromatic rings. The number of likely N-dealkylation sites (N-methyl/N-ethyl adjacent to an activating group) is 1. The minimum Gasteiger partial charge on any atom is -0.495 e. The Morgan fingerprint density at radius 3 is 2.80 bits per heavy atom. The van der Waals surface area contributed by atoms with Crippen molar-refractivity contribution in [3.05, 3.63) is 40.3 Å². The smallest absolute Gasteiger partial charge is 0.142 e. The van der Waals surface area contributed by atoms with Crippen molar-refractivity contribution in [1.82, 2.24) is 14.8 Å². The van der Waals surface area contributed by atoms with Crippen molar-refractivity contribution < 1.29 is 4.74 Å². The first-order valence-electron chi connectivity index (χ1n) is 11.5. The van der Waals surface area contributed by atoms with Crippen LogP contribution in [0.25, 0.3) is 0 Å². The van der Waals surface area contributed by atoms with E-state index in [2.05, 4.69) is 44.8 Å². The molecule has 4 rings (SSSR count). The number of methoxy groups -OCH3 is 1. The lowest BCUT2D eigenvalue weighted by atomic mass is 9.96. The maximum absolute atomic E-state index is 5.54. The minimum atomic E-state index is 0.715. The molecule has 5 nitrogen and oxygen atoms in total. The fourth-order valence-corrected chi connectivity index (χ4v) is 5.83. The molecule has 2 heterocycles. The van der Waals surface area contributed by atoms with Gasteiger partial charge in [-0.25, -0.2) is 4.98 Å². The van der Waals surface area contributed by atoms with Crippen LogP contribution in [0.4, 0.5) is 5.69 Å². The quantitative estimate of drug-likeness (QED) is 0.565. The van der Waals surface area contributed by atoms with E-state index in [0.29, 0.717) is 6.04 Å². The summed E-state index contributed by atoms with van der Waals surface area (Å²) in [4.78, 5) is 13.9. The van der Waals surface area contributed by atoms with Gasteiger partial charge in [-0.1, -0.05) is 19.1 Å². The van der Waals surface area contributed by atoms with E-state index in [1.54, 1.807) is 7.11 Å². The number of hydrogen-bond acceptors (Lipinski definition) is 6. The molecule has 1 aromatic carbocycles. The van der Waals surface area contributed by atoms with Gasteiger partial charge in [-0.05, 0) is 63.9 Å². The van der Waals surface area contributed by atoms with Crippen LogP contribution in [0.5, 0.6) is 5.75 Å². The van der Waals surface area contributed by atoms with Crippen molar-refractivity contribution >= 4 is 17.0 Å². The van der Waals surface area contributed by atoms with Crippen molar-refractivity contribution in [3.63, 3.8) is 0 Å². The van der Waals surface area contributed by atoms with E-state index in [0.717, 1.165) is 44.9 Å². The number of rotatable bonds is 9. The Labute approximate surface area is 185 Å². The summed E-state index contributed by atoms with van der Waals surface area (Å²) in [6.45, 7) is 10.4. The second-order valence-electron chi connectivity index (χ2n) is 8.46. The highest BCUT2D eigenvalue weighted by atomic mass is 32.1. The van der Waals surface area contributed by atoms with Crippen molar-refractivity contribution in [3.8, 4) is 5.75 Å². The third-order valence-electron chi connectivity index (χ3n) is 6.75. The maximum atomic E-state index is 5.54. The van der Waals surface area contributed by atoms with Gasteiger partial charge in [0, 0.05) is 37.1 Å². The molecule has 1 unspecified atom stereocenters. The largest absolute Gasteiger partial charge is 0.495 e. The van der Waals surface area contributed by atoms with Crippen molar-refractivity contribution in [2.45, 2.75) is 45.1 Å². The fraction of sp³-hybridized carbons (Fsp3) is 0.625. The van der Waals surface area contributed by atoms with Gasteiger partial charge in [-0.15, -0.1) is 11.3 Å². The molecular formula is C24H36N4OS. The van der Waals surface area contributed by atoms with Gasteiger partial charge in [0.2, 0.25) is 0 Å². The number of hydrogen-bond donors (Lipinski definition) is 0. The summed E-state index contributed by atoms with van der Waals surface area (Å²) in [5, 5.41) is 0. The highest BCUT2D eigenvalue weighted by Gasteiger charge is 2.25. The highest BCUT2D eigenvalue weighted by molar-refractivity contribution is 7.09. The Morgan fingerprint density at radius 1 is 1.17 bits per heavy atom. The van der Waals surface area contributed by atoms with Gasteiger partial charge >= 0.3 is 0 Å². The summed E-state index contributed by atoms with van der Waals surface area (Å²) in [5.41, 5.74) is 4.62. The van der Waals surface area contributed by atoms with Gasteiger partial charge in [0.05, 0.1) is 24.0 Å². The van der Waals surface area contributed by atoms with Gasteiger partial charge in [0.15, 0.2) is 0 Å². The Balaban J connectivity index is 1.17. The topological polar surface area (TPSA) is 31.8 Å². The molecule has 164 valence electrons. The van der Waals surface area contributed by atoms with Crippen LogP contribution in [0.3, 0.4) is 0 Å². The van der Waals surface area contributed by atoms with E-state index < -0.39 is 0 Å². The molecule has 0 spiro atoms. The Hall–Kier alpha value is -1.63. The molecule has 0 radical (unpaired) electrons. The molecule has 0 N–H and O–H groups in total. The number of fused-ring (bicyclic) bond motifs is 1. The zero-order valence-corrected chi connectivity index (χ0v) is 19.4. The van der Waals surface area contributed by atoms with Gasteiger partial charge < -0.3 is 14.5 Å². The second kappa shape index (κ2) is 10.6. The Kier molecular flexibility index (Phi) is 7.63. The number of aryl methyl sites for hydroxylation is 1. The number of benzene rings is 1. The van der Waals surface area contributed by atoms with E-state index in [9.17, 15) is 0 Å². The third kappa shape index (κ3) is 5.16. The number of aromatic nitrogens is 1. The summed E-state index contributed by atoms with van der Waals surface area (Å²) >= 11 is 1.85. The molecule has 0 bridgehead atoms. The molecule has 2 aliphatic rings. The molecule has 1 fully saturated rings. The predicted molar refractivity (Wildman–Crippen MR) is 126 cm³/mol. The molecule has 1 atom stereocenters. The molecule has 0 amide bonds. The van der Waals surface area contributed by atoms with E-state index in [4.69, 9.17) is 4.74 Å². The lowest BCUT2D eigenvalue weighted by Gasteiger charge is -2.37. The first-order chi connectivity index (χ1) is 14.8. The van der Waals surface area contributed by atoms with Crippen LogP contribution >= 0.6 is 11.3 Å². The standard InChI is InChI=1S/C24H36N4OS/c1-3-27(20-10-11-21-24(18-20)30-19-25-21)13-7-6-12-26-14-16-28(17-15-26)22-8-4-5-9-23(22)29-2/h4-5,8-9,19-20H,3,6-7,10-18H2,1-2H3. The number of unbranched alkanes of at least 4 members (excludes halogenated alkanes) is 1. The first kappa shape index (κ1) is 21.6. The second-order valence-corrected chi connectivity index (χ2v) is 9.39. The SMILES string of the molecule is CCN(CCCCN1CCN(c2ccccc2OC)CC1)C1CCc2ncsc2C1. The number of piperazine rings is 1. The van der Waals surface area contributed by atoms with Crippen molar-refractivity contribution in [1.29, 1.82) is 0 Å². The van der Waals surface area contributed by atoms with E-state index in [1.807, 2.05) is 22.9 Å². The average molecular weight is 429 g/mol. The van der Waals surface area contributed by atoms with Crippen LogP contribution < -0.4 is 9.64 Å². The summed E-state index contributed by atoms with van der Waals surface area (Å²) in [6.07, 6.45) is 6.24. The van der Waals surface area contributed by atoms with Gasteiger partial charge in [-0.2, -0.15) is 0 Å². The first-order valence-corrected chi connectivity index (χ1v) is 12.4.